The average molecular weight is 370 g/mol. The van der Waals surface area contributed by atoms with E-state index in [4.69, 9.17) is 0 Å². The number of rotatable bonds is 1. The van der Waals surface area contributed by atoms with Gasteiger partial charge in [-0.1, -0.05) is 15.9 Å². The molecule has 0 aliphatic rings. The van der Waals surface area contributed by atoms with Crippen LogP contribution in [0.5, 0.6) is 0 Å². The zero-order valence-electron chi connectivity index (χ0n) is 8.17. The van der Waals surface area contributed by atoms with Crippen molar-refractivity contribution in [1.82, 2.24) is 9.78 Å². The molecule has 1 heterocycles. The first-order valence-corrected chi connectivity index (χ1v) is 6.05. The predicted octanol–water partition coefficient (Wildman–Crippen LogP) is 4.42. The monoisotopic (exact) mass is 368 g/mol. The lowest BCUT2D eigenvalue weighted by Crippen LogP contribution is -2.07. The molecule has 2 rings (SSSR count). The van der Waals surface area contributed by atoms with Crippen molar-refractivity contribution in [1.29, 1.82) is 0 Å². The van der Waals surface area contributed by atoms with Crippen LogP contribution in [0.2, 0.25) is 0 Å². The van der Waals surface area contributed by atoms with Crippen LogP contribution in [0.3, 0.4) is 0 Å². The maximum Gasteiger partial charge on any atom is 0.436 e. The second-order valence-corrected chi connectivity index (χ2v) is 5.01. The van der Waals surface area contributed by atoms with E-state index in [1.807, 2.05) is 0 Å². The molecule has 90 valence electrons. The molecule has 0 atom stereocenters. The summed E-state index contributed by atoms with van der Waals surface area (Å²) in [5, 5.41) is 3.51. The van der Waals surface area contributed by atoms with Crippen molar-refractivity contribution in [3.8, 4) is 5.69 Å². The Kier molecular flexibility index (Phi) is 3.31. The maximum atomic E-state index is 12.5. The second kappa shape index (κ2) is 4.45. The van der Waals surface area contributed by atoms with Crippen molar-refractivity contribution >= 4 is 31.9 Å². The number of nitrogens with zero attached hydrogens (tertiary/aromatic N) is 2. The van der Waals surface area contributed by atoms with Crippen LogP contribution in [-0.4, -0.2) is 9.78 Å². The van der Waals surface area contributed by atoms with E-state index >= 15 is 0 Å². The number of aromatic nitrogens is 2. The Morgan fingerprint density at radius 2 is 1.65 bits per heavy atom. The van der Waals surface area contributed by atoms with E-state index in [-0.39, 0.29) is 4.47 Å². The Hall–Kier alpha value is -0.820. The molecule has 0 amide bonds. The first-order valence-electron chi connectivity index (χ1n) is 4.46. The fraction of sp³-hybridized carbons (Fsp3) is 0.100. The molecule has 0 saturated carbocycles. The van der Waals surface area contributed by atoms with E-state index in [0.29, 0.717) is 5.69 Å². The molecule has 0 N–H and O–H groups in total. The van der Waals surface area contributed by atoms with Crippen LogP contribution < -0.4 is 0 Å². The summed E-state index contributed by atoms with van der Waals surface area (Å²) in [4.78, 5) is 0. The van der Waals surface area contributed by atoms with Gasteiger partial charge in [-0.25, -0.2) is 4.68 Å². The van der Waals surface area contributed by atoms with Crippen molar-refractivity contribution in [3.63, 3.8) is 0 Å². The van der Waals surface area contributed by atoms with E-state index < -0.39 is 11.9 Å². The molecule has 2 nitrogen and oxygen atoms in total. The van der Waals surface area contributed by atoms with E-state index in [1.165, 1.54) is 10.9 Å². The summed E-state index contributed by atoms with van der Waals surface area (Å²) in [6, 6.07) is 6.81. The van der Waals surface area contributed by atoms with Gasteiger partial charge in [0.25, 0.3) is 0 Å². The van der Waals surface area contributed by atoms with Gasteiger partial charge in [0.1, 0.15) is 0 Å². The first kappa shape index (κ1) is 12.6. The molecule has 1 aromatic heterocycles. The molecule has 0 aliphatic heterocycles. The highest BCUT2D eigenvalue weighted by molar-refractivity contribution is 9.10. The molecule has 2 aromatic rings. The zero-order chi connectivity index (χ0) is 12.6. The lowest BCUT2D eigenvalue weighted by molar-refractivity contribution is -0.141. The predicted molar refractivity (Wildman–Crippen MR) is 64.0 cm³/mol. The van der Waals surface area contributed by atoms with Crippen molar-refractivity contribution in [2.45, 2.75) is 6.18 Å². The van der Waals surface area contributed by atoms with E-state index in [1.54, 1.807) is 24.3 Å². The summed E-state index contributed by atoms with van der Waals surface area (Å²) < 4.78 is 39.5. The molecular weight excluding hydrogens is 365 g/mol. The maximum absolute atomic E-state index is 12.5. The van der Waals surface area contributed by atoms with Gasteiger partial charge in [0.05, 0.1) is 10.2 Å². The molecular formula is C10H5Br2F3N2. The SMILES string of the molecule is FC(F)(F)c1nn(-c2ccc(Br)cc2)cc1Br. The number of hydrogen-bond acceptors (Lipinski definition) is 1. The third kappa shape index (κ3) is 2.71. The Morgan fingerprint density at radius 1 is 1.06 bits per heavy atom. The Labute approximate surface area is 112 Å². The lowest BCUT2D eigenvalue weighted by Gasteiger charge is -2.03. The standard InChI is InChI=1S/C10H5Br2F3N2/c11-6-1-3-7(4-2-6)17-5-8(12)9(16-17)10(13,14)15/h1-5H. The third-order valence-corrected chi connectivity index (χ3v) is 3.14. The molecule has 17 heavy (non-hydrogen) atoms. The summed E-state index contributed by atoms with van der Waals surface area (Å²) in [6.45, 7) is 0. The number of halogens is 5. The van der Waals surface area contributed by atoms with Crippen LogP contribution in [0.15, 0.2) is 39.4 Å². The fourth-order valence-corrected chi connectivity index (χ4v) is 2.03. The van der Waals surface area contributed by atoms with Crippen LogP contribution in [0.4, 0.5) is 13.2 Å². The third-order valence-electron chi connectivity index (χ3n) is 2.03. The highest BCUT2D eigenvalue weighted by Gasteiger charge is 2.36. The Balaban J connectivity index is 2.45. The molecule has 7 heteroatoms. The van der Waals surface area contributed by atoms with Crippen molar-refractivity contribution in [2.24, 2.45) is 0 Å². The van der Waals surface area contributed by atoms with Gasteiger partial charge < -0.3 is 0 Å². The van der Waals surface area contributed by atoms with Crippen LogP contribution in [0.1, 0.15) is 5.69 Å². The smallest absolute Gasteiger partial charge is 0.239 e. The van der Waals surface area contributed by atoms with Crippen LogP contribution >= 0.6 is 31.9 Å². The summed E-state index contributed by atoms with van der Waals surface area (Å²) >= 11 is 6.10. The zero-order valence-corrected chi connectivity index (χ0v) is 11.3. The van der Waals surface area contributed by atoms with Gasteiger partial charge in [0, 0.05) is 10.7 Å². The molecule has 0 fully saturated rings. The first-order chi connectivity index (χ1) is 7.88. The highest BCUT2D eigenvalue weighted by Crippen LogP contribution is 2.34. The minimum absolute atomic E-state index is 0.0760. The highest BCUT2D eigenvalue weighted by atomic mass is 79.9. The van der Waals surface area contributed by atoms with Crippen molar-refractivity contribution in [2.75, 3.05) is 0 Å². The van der Waals surface area contributed by atoms with E-state index in [9.17, 15) is 13.2 Å². The molecule has 0 aliphatic carbocycles. The molecule has 1 aromatic carbocycles. The van der Waals surface area contributed by atoms with Crippen molar-refractivity contribution in [3.05, 3.63) is 45.1 Å². The summed E-state index contributed by atoms with van der Waals surface area (Å²) in [5.74, 6) is 0. The van der Waals surface area contributed by atoms with Gasteiger partial charge in [-0.2, -0.15) is 18.3 Å². The van der Waals surface area contributed by atoms with E-state index in [2.05, 4.69) is 37.0 Å². The number of benzene rings is 1. The van der Waals surface area contributed by atoms with Gasteiger partial charge in [0.15, 0.2) is 5.69 Å². The average Bonchev–Trinajstić information content (AvgIpc) is 2.61. The largest absolute Gasteiger partial charge is 0.436 e. The minimum atomic E-state index is -4.46. The van der Waals surface area contributed by atoms with Gasteiger partial charge in [-0.05, 0) is 40.2 Å². The second-order valence-electron chi connectivity index (χ2n) is 3.24. The summed E-state index contributed by atoms with van der Waals surface area (Å²) in [6.07, 6.45) is -3.18. The normalized spacial score (nSPS) is 11.8. The number of alkyl halides is 3. The van der Waals surface area contributed by atoms with Crippen LogP contribution in [0, 0.1) is 0 Å². The van der Waals surface area contributed by atoms with Crippen molar-refractivity contribution < 1.29 is 13.2 Å². The summed E-state index contributed by atoms with van der Waals surface area (Å²) in [5.41, 5.74) is -0.371. The Morgan fingerprint density at radius 3 is 2.12 bits per heavy atom. The molecule has 0 radical (unpaired) electrons. The Bertz CT molecular complexity index is 531. The molecule has 0 spiro atoms. The van der Waals surface area contributed by atoms with Crippen LogP contribution in [-0.2, 0) is 6.18 Å². The lowest BCUT2D eigenvalue weighted by atomic mass is 10.3. The molecule has 0 bridgehead atoms. The van der Waals surface area contributed by atoms with Gasteiger partial charge >= 0.3 is 6.18 Å². The molecule has 0 unspecified atom stereocenters. The van der Waals surface area contributed by atoms with Gasteiger partial charge in [-0.3, -0.25) is 0 Å². The fourth-order valence-electron chi connectivity index (χ4n) is 1.27. The van der Waals surface area contributed by atoms with Gasteiger partial charge in [-0.15, -0.1) is 0 Å². The topological polar surface area (TPSA) is 17.8 Å². The molecule has 0 saturated heterocycles. The minimum Gasteiger partial charge on any atom is -0.239 e. The summed E-state index contributed by atoms with van der Waals surface area (Å²) in [7, 11) is 0. The van der Waals surface area contributed by atoms with E-state index in [0.717, 1.165) is 4.47 Å². The number of hydrogen-bond donors (Lipinski definition) is 0. The van der Waals surface area contributed by atoms with Crippen LogP contribution in [0.25, 0.3) is 5.69 Å². The van der Waals surface area contributed by atoms with Gasteiger partial charge in [0.2, 0.25) is 0 Å². The quantitative estimate of drug-likeness (QED) is 0.727.